The Morgan fingerprint density at radius 1 is 1.03 bits per heavy atom. The Morgan fingerprint density at radius 3 is 2.62 bits per heavy atom. The van der Waals surface area contributed by atoms with E-state index in [1.807, 2.05) is 6.20 Å². The van der Waals surface area contributed by atoms with Crippen LogP contribution >= 0.6 is 0 Å². The molecule has 2 fully saturated rings. The number of hydrogen-bond donors (Lipinski definition) is 1. The summed E-state index contributed by atoms with van der Waals surface area (Å²) < 4.78 is 6.58. The Morgan fingerprint density at radius 2 is 1.83 bits per heavy atom. The van der Waals surface area contributed by atoms with Gasteiger partial charge in [-0.2, -0.15) is 0 Å². The largest absolute Gasteiger partial charge is 0.487 e. The van der Waals surface area contributed by atoms with Gasteiger partial charge in [0.15, 0.2) is 0 Å². The third-order valence-electron chi connectivity index (χ3n) is 7.90. The van der Waals surface area contributed by atoms with Crippen molar-refractivity contribution in [1.82, 2.24) is 9.88 Å². The summed E-state index contributed by atoms with van der Waals surface area (Å²) in [7, 11) is 0. The molecular weight excluding hydrogens is 356 g/mol. The Balaban J connectivity index is 1.19. The molecule has 1 spiro atoms. The quantitative estimate of drug-likeness (QED) is 0.617. The lowest BCUT2D eigenvalue weighted by atomic mass is 9.78. The van der Waals surface area contributed by atoms with E-state index in [0.29, 0.717) is 0 Å². The lowest BCUT2D eigenvalue weighted by Crippen LogP contribution is -2.52. The molecule has 0 bridgehead atoms. The first-order valence-corrected chi connectivity index (χ1v) is 11.3. The van der Waals surface area contributed by atoms with Crippen LogP contribution in [0.2, 0.25) is 0 Å². The molecule has 1 atom stereocenters. The first-order chi connectivity index (χ1) is 14.2. The van der Waals surface area contributed by atoms with Crippen molar-refractivity contribution < 1.29 is 4.74 Å². The van der Waals surface area contributed by atoms with E-state index in [0.717, 1.165) is 37.0 Å². The molecule has 2 aromatic carbocycles. The van der Waals surface area contributed by atoms with Crippen molar-refractivity contribution in [3.8, 4) is 16.9 Å². The number of nitrogens with zero attached hydrogens (tertiary/aromatic N) is 1. The maximum Gasteiger partial charge on any atom is 0.123 e. The highest BCUT2D eigenvalue weighted by Gasteiger charge is 2.43. The monoisotopic (exact) mass is 386 g/mol. The molecule has 3 heteroatoms. The smallest absolute Gasteiger partial charge is 0.123 e. The minimum atomic E-state index is 0.0291. The second-order valence-electron chi connectivity index (χ2n) is 9.53. The number of nitrogens with one attached hydrogen (secondary N) is 1. The molecule has 1 N–H and O–H groups in total. The number of rotatable bonds is 3. The molecule has 150 valence electrons. The minimum Gasteiger partial charge on any atom is -0.487 e. The zero-order valence-corrected chi connectivity index (χ0v) is 17.3. The molecule has 1 aliphatic carbocycles. The van der Waals surface area contributed by atoms with Crippen LogP contribution < -0.4 is 4.74 Å². The van der Waals surface area contributed by atoms with Gasteiger partial charge < -0.3 is 14.6 Å². The molecule has 2 aliphatic heterocycles. The molecule has 0 radical (unpaired) electrons. The lowest BCUT2D eigenvalue weighted by molar-refractivity contribution is -0.00849. The van der Waals surface area contributed by atoms with Gasteiger partial charge in [0.2, 0.25) is 0 Å². The number of ether oxygens (including phenoxy) is 1. The normalized spacial score (nSPS) is 22.4. The second kappa shape index (κ2) is 6.63. The van der Waals surface area contributed by atoms with Crippen molar-refractivity contribution in [2.45, 2.75) is 57.1 Å². The summed E-state index contributed by atoms with van der Waals surface area (Å²) in [4.78, 5) is 6.00. The van der Waals surface area contributed by atoms with Gasteiger partial charge in [0, 0.05) is 50.1 Å². The summed E-state index contributed by atoms with van der Waals surface area (Å²) in [6, 6.07) is 16.3. The van der Waals surface area contributed by atoms with Gasteiger partial charge in [-0.05, 0) is 78.1 Å². The van der Waals surface area contributed by atoms with Crippen LogP contribution in [0.5, 0.6) is 5.75 Å². The van der Waals surface area contributed by atoms with E-state index in [1.165, 1.54) is 59.9 Å². The molecule has 1 saturated carbocycles. The van der Waals surface area contributed by atoms with Crippen LogP contribution in [0.4, 0.5) is 0 Å². The summed E-state index contributed by atoms with van der Waals surface area (Å²) in [6.45, 7) is 4.81. The molecule has 3 aliphatic rings. The first kappa shape index (κ1) is 17.6. The first-order valence-electron chi connectivity index (χ1n) is 11.3. The predicted octanol–water partition coefficient (Wildman–Crippen LogP) is 5.79. The number of likely N-dealkylation sites (tertiary alicyclic amines) is 1. The van der Waals surface area contributed by atoms with Crippen LogP contribution in [0.15, 0.2) is 48.7 Å². The van der Waals surface area contributed by atoms with Gasteiger partial charge in [0.25, 0.3) is 0 Å². The third-order valence-corrected chi connectivity index (χ3v) is 7.90. The molecule has 3 heterocycles. The summed E-state index contributed by atoms with van der Waals surface area (Å²) in [6.07, 6.45) is 9.68. The van der Waals surface area contributed by atoms with Crippen molar-refractivity contribution >= 4 is 10.9 Å². The summed E-state index contributed by atoms with van der Waals surface area (Å²) in [5.41, 5.74) is 5.19. The standard InChI is InChI=1S/C26H30N2O/c1-18(19-3-2-4-19)28-13-10-26(11-14-28)17-23-16-21(6-8-25(23)29-26)20-5-7-24-22(15-20)9-12-27-24/h5-9,12,15-16,18-19,27H,2-4,10-11,13-14,17H2,1H3. The van der Waals surface area contributed by atoms with E-state index in [9.17, 15) is 0 Å². The third kappa shape index (κ3) is 2.98. The average Bonchev–Trinajstić information content (AvgIpc) is 3.29. The number of aromatic amines is 1. The molecule has 1 saturated heterocycles. The highest BCUT2D eigenvalue weighted by Crippen LogP contribution is 2.43. The van der Waals surface area contributed by atoms with Crippen LogP contribution in [0, 0.1) is 5.92 Å². The van der Waals surface area contributed by atoms with Gasteiger partial charge >= 0.3 is 0 Å². The minimum absolute atomic E-state index is 0.0291. The van der Waals surface area contributed by atoms with Crippen LogP contribution in [-0.2, 0) is 6.42 Å². The van der Waals surface area contributed by atoms with Crippen LogP contribution in [-0.4, -0.2) is 34.6 Å². The van der Waals surface area contributed by atoms with Gasteiger partial charge in [0.1, 0.15) is 11.4 Å². The van der Waals surface area contributed by atoms with E-state index in [1.54, 1.807) is 0 Å². The van der Waals surface area contributed by atoms with Crippen LogP contribution in [0.1, 0.15) is 44.6 Å². The molecule has 3 aromatic rings. The highest BCUT2D eigenvalue weighted by molar-refractivity contribution is 5.85. The van der Waals surface area contributed by atoms with Crippen molar-refractivity contribution in [2.75, 3.05) is 13.1 Å². The van der Waals surface area contributed by atoms with Gasteiger partial charge in [-0.3, -0.25) is 0 Å². The molecule has 1 unspecified atom stereocenters. The summed E-state index contributed by atoms with van der Waals surface area (Å²) in [5, 5.41) is 1.27. The fraction of sp³-hybridized carbons (Fsp3) is 0.462. The fourth-order valence-corrected chi connectivity index (χ4v) is 5.68. The van der Waals surface area contributed by atoms with Crippen LogP contribution in [0.3, 0.4) is 0 Å². The number of H-pyrrole nitrogens is 1. The zero-order chi connectivity index (χ0) is 19.4. The molecular formula is C26H30N2O. The van der Waals surface area contributed by atoms with Crippen molar-refractivity contribution in [2.24, 2.45) is 5.92 Å². The topological polar surface area (TPSA) is 28.3 Å². The highest BCUT2D eigenvalue weighted by atomic mass is 16.5. The van der Waals surface area contributed by atoms with Gasteiger partial charge in [-0.25, -0.2) is 0 Å². The molecule has 1 aromatic heterocycles. The van der Waals surface area contributed by atoms with Crippen LogP contribution in [0.25, 0.3) is 22.0 Å². The van der Waals surface area contributed by atoms with E-state index >= 15 is 0 Å². The summed E-state index contributed by atoms with van der Waals surface area (Å²) >= 11 is 0. The van der Waals surface area contributed by atoms with E-state index < -0.39 is 0 Å². The molecule has 0 amide bonds. The molecule has 3 nitrogen and oxygen atoms in total. The Labute approximate surface area is 173 Å². The molecule has 6 rings (SSSR count). The van der Waals surface area contributed by atoms with Gasteiger partial charge in [-0.1, -0.05) is 18.6 Å². The fourth-order valence-electron chi connectivity index (χ4n) is 5.68. The number of fused-ring (bicyclic) bond motifs is 2. The zero-order valence-electron chi connectivity index (χ0n) is 17.3. The van der Waals surface area contributed by atoms with Crippen molar-refractivity contribution in [1.29, 1.82) is 0 Å². The van der Waals surface area contributed by atoms with E-state index in [2.05, 4.69) is 59.3 Å². The predicted molar refractivity (Wildman–Crippen MR) is 118 cm³/mol. The number of benzene rings is 2. The maximum absolute atomic E-state index is 6.58. The maximum atomic E-state index is 6.58. The van der Waals surface area contributed by atoms with Crippen molar-refractivity contribution in [3.63, 3.8) is 0 Å². The Hall–Kier alpha value is -2.26. The summed E-state index contributed by atoms with van der Waals surface area (Å²) in [5.74, 6) is 2.04. The Bertz CT molecular complexity index is 1040. The Kier molecular flexibility index (Phi) is 4.02. The van der Waals surface area contributed by atoms with Gasteiger partial charge in [0.05, 0.1) is 0 Å². The van der Waals surface area contributed by atoms with Crippen molar-refractivity contribution in [3.05, 3.63) is 54.2 Å². The number of hydrogen-bond acceptors (Lipinski definition) is 2. The lowest BCUT2D eigenvalue weighted by Gasteiger charge is -2.45. The van der Waals surface area contributed by atoms with Gasteiger partial charge in [-0.15, -0.1) is 0 Å². The van der Waals surface area contributed by atoms with E-state index in [4.69, 9.17) is 4.74 Å². The molecule has 29 heavy (non-hydrogen) atoms. The second-order valence-corrected chi connectivity index (χ2v) is 9.53. The number of aromatic nitrogens is 1. The van der Waals surface area contributed by atoms with E-state index in [-0.39, 0.29) is 5.60 Å². The number of piperidine rings is 1. The average molecular weight is 387 g/mol. The SMILES string of the molecule is CC(C1CCC1)N1CCC2(CC1)Cc1cc(-c3ccc4[nH]ccc4c3)ccc1O2.